The topological polar surface area (TPSA) is 99.3 Å². The highest BCUT2D eigenvalue weighted by Gasteiger charge is 2.15. The van der Waals surface area contributed by atoms with E-state index in [9.17, 15) is 13.2 Å². The Bertz CT molecular complexity index is 705. The van der Waals surface area contributed by atoms with Gasteiger partial charge in [0.2, 0.25) is 0 Å². The van der Waals surface area contributed by atoms with Crippen molar-refractivity contribution in [1.29, 1.82) is 0 Å². The molecule has 0 bridgehead atoms. The number of aryl methyl sites for hydroxylation is 1. The van der Waals surface area contributed by atoms with Crippen molar-refractivity contribution in [3.8, 4) is 0 Å². The van der Waals surface area contributed by atoms with Crippen molar-refractivity contribution >= 4 is 21.7 Å². The van der Waals surface area contributed by atoms with Gasteiger partial charge in [0.1, 0.15) is 4.90 Å². The fourth-order valence-electron chi connectivity index (χ4n) is 1.66. The van der Waals surface area contributed by atoms with Crippen molar-refractivity contribution in [3.05, 3.63) is 47.8 Å². The van der Waals surface area contributed by atoms with Crippen LogP contribution in [0.5, 0.6) is 0 Å². The van der Waals surface area contributed by atoms with E-state index in [1.54, 1.807) is 6.92 Å². The first kappa shape index (κ1) is 13.2. The Morgan fingerprint density at radius 2 is 2.05 bits per heavy atom. The van der Waals surface area contributed by atoms with E-state index in [-0.39, 0.29) is 10.5 Å². The lowest BCUT2D eigenvalue weighted by molar-refractivity contribution is 0.0696. The molecule has 0 fully saturated rings. The normalized spacial score (nSPS) is 11.2. The number of hydrogen-bond acceptors (Lipinski definition) is 3. The van der Waals surface area contributed by atoms with Gasteiger partial charge in [-0.2, -0.15) is 0 Å². The molecule has 0 saturated carbocycles. The fraction of sp³-hybridized carbons (Fsp3) is 0.0833. The van der Waals surface area contributed by atoms with Crippen LogP contribution in [0, 0.1) is 6.92 Å². The highest BCUT2D eigenvalue weighted by molar-refractivity contribution is 7.92. The van der Waals surface area contributed by atoms with Gasteiger partial charge in [0.25, 0.3) is 10.0 Å². The Labute approximate surface area is 110 Å². The van der Waals surface area contributed by atoms with Crippen LogP contribution in [-0.2, 0) is 10.0 Å². The molecule has 0 aliphatic heterocycles. The average Bonchev–Trinajstić information content (AvgIpc) is 2.81. The zero-order chi connectivity index (χ0) is 14.0. The van der Waals surface area contributed by atoms with Crippen LogP contribution in [0.3, 0.4) is 0 Å². The van der Waals surface area contributed by atoms with Crippen molar-refractivity contribution in [3.63, 3.8) is 0 Å². The van der Waals surface area contributed by atoms with Crippen LogP contribution in [-0.4, -0.2) is 24.5 Å². The van der Waals surface area contributed by atoms with Gasteiger partial charge >= 0.3 is 5.97 Å². The van der Waals surface area contributed by atoms with Gasteiger partial charge in [-0.3, -0.25) is 4.72 Å². The SMILES string of the molecule is Cc1cc(NS(=O)(=O)c2cc[nH]c2)ccc1C(=O)O. The quantitative estimate of drug-likeness (QED) is 0.795. The Morgan fingerprint density at radius 3 is 2.58 bits per heavy atom. The first-order valence-electron chi connectivity index (χ1n) is 5.40. The van der Waals surface area contributed by atoms with Crippen molar-refractivity contribution in [2.24, 2.45) is 0 Å². The molecule has 0 aliphatic rings. The maximum absolute atomic E-state index is 11.9. The van der Waals surface area contributed by atoms with Crippen LogP contribution in [0.25, 0.3) is 0 Å². The summed E-state index contributed by atoms with van der Waals surface area (Å²) in [5.41, 5.74) is 0.954. The predicted molar refractivity (Wildman–Crippen MR) is 69.7 cm³/mol. The number of carboxylic acid groups (broad SMARTS) is 1. The van der Waals surface area contributed by atoms with Gasteiger partial charge in [-0.25, -0.2) is 13.2 Å². The van der Waals surface area contributed by atoms with Gasteiger partial charge in [-0.05, 0) is 36.8 Å². The summed E-state index contributed by atoms with van der Waals surface area (Å²) >= 11 is 0. The minimum Gasteiger partial charge on any atom is -0.478 e. The van der Waals surface area contributed by atoms with Crippen molar-refractivity contribution in [1.82, 2.24) is 4.98 Å². The van der Waals surface area contributed by atoms with Crippen molar-refractivity contribution < 1.29 is 18.3 Å². The number of carboxylic acids is 1. The van der Waals surface area contributed by atoms with E-state index in [1.165, 1.54) is 36.7 Å². The summed E-state index contributed by atoms with van der Waals surface area (Å²) < 4.78 is 26.3. The third-order valence-electron chi connectivity index (χ3n) is 2.59. The Balaban J connectivity index is 2.30. The molecule has 6 nitrogen and oxygen atoms in total. The number of hydrogen-bond donors (Lipinski definition) is 3. The van der Waals surface area contributed by atoms with E-state index in [4.69, 9.17) is 5.11 Å². The van der Waals surface area contributed by atoms with E-state index in [2.05, 4.69) is 9.71 Å². The van der Waals surface area contributed by atoms with E-state index in [0.717, 1.165) is 0 Å². The van der Waals surface area contributed by atoms with E-state index < -0.39 is 16.0 Å². The van der Waals surface area contributed by atoms with Crippen LogP contribution in [0.1, 0.15) is 15.9 Å². The molecule has 100 valence electrons. The summed E-state index contributed by atoms with van der Waals surface area (Å²) in [4.78, 5) is 13.6. The van der Waals surface area contributed by atoms with E-state index >= 15 is 0 Å². The molecular weight excluding hydrogens is 268 g/mol. The van der Waals surface area contributed by atoms with Crippen LogP contribution >= 0.6 is 0 Å². The van der Waals surface area contributed by atoms with Crippen molar-refractivity contribution in [2.45, 2.75) is 11.8 Å². The molecule has 0 saturated heterocycles. The van der Waals surface area contributed by atoms with Gasteiger partial charge in [0.05, 0.1) is 5.56 Å². The maximum Gasteiger partial charge on any atom is 0.335 e. The predicted octanol–water partition coefficient (Wildman–Crippen LogP) is 1.82. The Kier molecular flexibility index (Phi) is 3.30. The molecule has 7 heteroatoms. The minimum atomic E-state index is -3.65. The molecule has 2 rings (SSSR count). The smallest absolute Gasteiger partial charge is 0.335 e. The van der Waals surface area contributed by atoms with Gasteiger partial charge < -0.3 is 10.1 Å². The molecule has 0 spiro atoms. The Hall–Kier alpha value is -2.28. The summed E-state index contributed by atoms with van der Waals surface area (Å²) in [6.07, 6.45) is 2.87. The second-order valence-corrected chi connectivity index (χ2v) is 5.67. The Morgan fingerprint density at radius 1 is 1.32 bits per heavy atom. The second-order valence-electron chi connectivity index (χ2n) is 3.99. The van der Waals surface area contributed by atoms with Crippen molar-refractivity contribution in [2.75, 3.05) is 4.72 Å². The summed E-state index contributed by atoms with van der Waals surface area (Å²) in [5, 5.41) is 8.90. The van der Waals surface area contributed by atoms with E-state index in [0.29, 0.717) is 11.3 Å². The monoisotopic (exact) mass is 280 g/mol. The van der Waals surface area contributed by atoms with Gasteiger partial charge in [-0.1, -0.05) is 0 Å². The molecular formula is C12H12N2O4S. The highest BCUT2D eigenvalue weighted by Crippen LogP contribution is 2.19. The van der Waals surface area contributed by atoms with Gasteiger partial charge in [-0.15, -0.1) is 0 Å². The number of sulfonamides is 1. The summed E-state index contributed by atoms with van der Waals surface area (Å²) in [7, 11) is -3.65. The molecule has 0 radical (unpaired) electrons. The minimum absolute atomic E-state index is 0.118. The molecule has 3 N–H and O–H groups in total. The first-order chi connectivity index (χ1) is 8.90. The third-order valence-corrected chi connectivity index (χ3v) is 3.97. The van der Waals surface area contributed by atoms with Gasteiger partial charge in [0, 0.05) is 18.1 Å². The molecule has 0 atom stereocenters. The lowest BCUT2D eigenvalue weighted by Crippen LogP contribution is -2.12. The number of aromatic nitrogens is 1. The molecule has 0 aliphatic carbocycles. The number of aromatic amines is 1. The second kappa shape index (κ2) is 4.77. The number of anilines is 1. The molecule has 0 unspecified atom stereocenters. The number of aromatic carboxylic acids is 1. The number of benzene rings is 1. The van der Waals surface area contributed by atoms with Crippen LogP contribution in [0.4, 0.5) is 5.69 Å². The third kappa shape index (κ3) is 2.76. The molecule has 0 amide bonds. The lowest BCUT2D eigenvalue weighted by Gasteiger charge is -2.08. The average molecular weight is 280 g/mol. The van der Waals surface area contributed by atoms with Crippen LogP contribution < -0.4 is 4.72 Å². The number of nitrogens with one attached hydrogen (secondary N) is 2. The molecule has 2 aromatic rings. The fourth-order valence-corrected chi connectivity index (χ4v) is 2.68. The number of rotatable bonds is 4. The molecule has 19 heavy (non-hydrogen) atoms. The van der Waals surface area contributed by atoms with Gasteiger partial charge in [0.15, 0.2) is 0 Å². The molecule has 1 heterocycles. The lowest BCUT2D eigenvalue weighted by atomic mass is 10.1. The summed E-state index contributed by atoms with van der Waals surface area (Å²) in [6, 6.07) is 5.70. The number of H-pyrrole nitrogens is 1. The number of carbonyl (C=O) groups is 1. The van der Waals surface area contributed by atoms with Crippen LogP contribution in [0.15, 0.2) is 41.6 Å². The molecule has 1 aromatic heterocycles. The van der Waals surface area contributed by atoms with E-state index in [1.807, 2.05) is 0 Å². The zero-order valence-electron chi connectivity index (χ0n) is 10.0. The summed E-state index contributed by atoms with van der Waals surface area (Å²) in [5.74, 6) is -1.04. The largest absolute Gasteiger partial charge is 0.478 e. The standard InChI is InChI=1S/C12H12N2O4S/c1-8-6-9(2-3-11(8)12(15)16)14-19(17,18)10-4-5-13-7-10/h2-7,13-14H,1H3,(H,15,16). The summed E-state index contributed by atoms with van der Waals surface area (Å²) in [6.45, 7) is 1.61. The highest BCUT2D eigenvalue weighted by atomic mass is 32.2. The maximum atomic E-state index is 11.9. The van der Waals surface area contributed by atoms with Crippen LogP contribution in [0.2, 0.25) is 0 Å². The molecule has 1 aromatic carbocycles. The zero-order valence-corrected chi connectivity index (χ0v) is 10.9. The first-order valence-corrected chi connectivity index (χ1v) is 6.88.